The molecular formula is C20H34Cl2N4O. The Bertz CT molecular complexity index is 552. The van der Waals surface area contributed by atoms with Crippen LogP contribution >= 0.6 is 24.8 Å². The molecule has 2 heterocycles. The first-order valence-corrected chi connectivity index (χ1v) is 9.69. The normalized spacial score (nSPS) is 23.3. The maximum Gasteiger partial charge on any atom is 0.224 e. The van der Waals surface area contributed by atoms with E-state index < -0.39 is 0 Å². The van der Waals surface area contributed by atoms with Gasteiger partial charge in [-0.05, 0) is 30.9 Å². The van der Waals surface area contributed by atoms with Gasteiger partial charge in [0.05, 0.1) is 0 Å². The minimum Gasteiger partial charge on any atom is -0.369 e. The maximum atomic E-state index is 12.6. The van der Waals surface area contributed by atoms with Crippen molar-refractivity contribution < 1.29 is 4.79 Å². The lowest BCUT2D eigenvalue weighted by atomic mass is 9.92. The molecule has 2 atom stereocenters. The van der Waals surface area contributed by atoms with Crippen molar-refractivity contribution in [1.82, 2.24) is 9.80 Å². The zero-order valence-electron chi connectivity index (χ0n) is 16.3. The number of benzene rings is 1. The van der Waals surface area contributed by atoms with E-state index >= 15 is 0 Å². The minimum absolute atomic E-state index is 0. The number of likely N-dealkylation sites (tertiary alicyclic amines) is 1. The molecule has 2 aliphatic rings. The Morgan fingerprint density at radius 1 is 1.07 bits per heavy atom. The van der Waals surface area contributed by atoms with Gasteiger partial charge < -0.3 is 15.5 Å². The molecule has 2 unspecified atom stereocenters. The fourth-order valence-electron chi connectivity index (χ4n) is 4.07. The summed E-state index contributed by atoms with van der Waals surface area (Å²) in [6, 6.07) is 10.8. The summed E-state index contributed by atoms with van der Waals surface area (Å²) in [6.07, 6.45) is 2.78. The van der Waals surface area contributed by atoms with Gasteiger partial charge in [-0.3, -0.25) is 9.69 Å². The highest BCUT2D eigenvalue weighted by Gasteiger charge is 2.29. The summed E-state index contributed by atoms with van der Waals surface area (Å²) in [7, 11) is 0. The van der Waals surface area contributed by atoms with Crippen LogP contribution in [0.2, 0.25) is 0 Å². The number of nitrogens with zero attached hydrogens (tertiary/aromatic N) is 3. The Kier molecular flexibility index (Phi) is 10.5. The molecule has 0 bridgehead atoms. The van der Waals surface area contributed by atoms with Gasteiger partial charge in [0.2, 0.25) is 5.91 Å². The van der Waals surface area contributed by atoms with Crippen molar-refractivity contribution in [3.8, 4) is 0 Å². The number of piperidine rings is 1. The smallest absolute Gasteiger partial charge is 0.224 e. The number of nitrogens with two attached hydrogens (primary N) is 1. The number of carbonyl (C=O) groups excluding carboxylic acids is 1. The van der Waals surface area contributed by atoms with Gasteiger partial charge in [0.15, 0.2) is 0 Å². The van der Waals surface area contributed by atoms with E-state index in [4.69, 9.17) is 5.73 Å². The van der Waals surface area contributed by atoms with E-state index in [-0.39, 0.29) is 36.8 Å². The fraction of sp³-hybridized carbons (Fsp3) is 0.650. The lowest BCUT2D eigenvalue weighted by Crippen LogP contribution is -2.51. The highest BCUT2D eigenvalue weighted by Crippen LogP contribution is 2.22. The Hall–Kier alpha value is -1.01. The summed E-state index contributed by atoms with van der Waals surface area (Å²) < 4.78 is 0. The van der Waals surface area contributed by atoms with Crippen molar-refractivity contribution in [2.24, 2.45) is 11.7 Å². The van der Waals surface area contributed by atoms with Crippen molar-refractivity contribution in [2.75, 3.05) is 50.7 Å². The van der Waals surface area contributed by atoms with E-state index in [9.17, 15) is 4.79 Å². The molecule has 7 heteroatoms. The van der Waals surface area contributed by atoms with Crippen LogP contribution < -0.4 is 10.6 Å². The molecule has 5 nitrogen and oxygen atoms in total. The molecular weight excluding hydrogens is 383 g/mol. The second-order valence-electron chi connectivity index (χ2n) is 7.52. The molecule has 2 saturated heterocycles. The highest BCUT2D eigenvalue weighted by molar-refractivity contribution is 5.85. The molecule has 1 amide bonds. The quantitative estimate of drug-likeness (QED) is 0.801. The maximum absolute atomic E-state index is 12.6. The van der Waals surface area contributed by atoms with Crippen molar-refractivity contribution in [3.05, 3.63) is 30.3 Å². The van der Waals surface area contributed by atoms with Crippen molar-refractivity contribution in [2.45, 2.75) is 32.2 Å². The number of amides is 1. The van der Waals surface area contributed by atoms with Gasteiger partial charge in [0.1, 0.15) is 0 Å². The van der Waals surface area contributed by atoms with Crippen molar-refractivity contribution >= 4 is 36.4 Å². The van der Waals surface area contributed by atoms with E-state index in [1.807, 2.05) is 4.90 Å². The van der Waals surface area contributed by atoms with Crippen LogP contribution in [0.1, 0.15) is 26.2 Å². The number of piperazine rings is 1. The van der Waals surface area contributed by atoms with E-state index in [1.165, 1.54) is 5.69 Å². The summed E-state index contributed by atoms with van der Waals surface area (Å²) in [6.45, 7) is 8.71. The molecule has 1 aromatic rings. The molecule has 0 spiro atoms. The van der Waals surface area contributed by atoms with Crippen LogP contribution in [-0.2, 0) is 4.79 Å². The van der Waals surface area contributed by atoms with E-state index in [1.54, 1.807) is 0 Å². The second-order valence-corrected chi connectivity index (χ2v) is 7.52. The van der Waals surface area contributed by atoms with Crippen LogP contribution in [0.3, 0.4) is 0 Å². The van der Waals surface area contributed by atoms with Crippen LogP contribution in [0.15, 0.2) is 30.3 Å². The first-order chi connectivity index (χ1) is 12.2. The molecule has 2 aliphatic heterocycles. The Labute approximate surface area is 176 Å². The number of carbonyl (C=O) groups is 1. The lowest BCUT2D eigenvalue weighted by molar-refractivity contribution is -0.135. The predicted molar refractivity (Wildman–Crippen MR) is 117 cm³/mol. The number of halogens is 2. The molecule has 2 N–H and O–H groups in total. The molecule has 0 saturated carbocycles. The van der Waals surface area contributed by atoms with Gasteiger partial charge in [-0.25, -0.2) is 0 Å². The number of rotatable bonds is 5. The number of hydrogen-bond acceptors (Lipinski definition) is 4. The Morgan fingerprint density at radius 3 is 2.37 bits per heavy atom. The monoisotopic (exact) mass is 416 g/mol. The zero-order chi connectivity index (χ0) is 17.6. The molecule has 0 aliphatic carbocycles. The fourth-order valence-corrected chi connectivity index (χ4v) is 4.07. The van der Waals surface area contributed by atoms with Crippen LogP contribution in [-0.4, -0.2) is 67.6 Å². The molecule has 0 radical (unpaired) electrons. The number of para-hydroxylation sites is 1. The van der Waals surface area contributed by atoms with Gasteiger partial charge in [0, 0.05) is 64.0 Å². The summed E-state index contributed by atoms with van der Waals surface area (Å²) in [4.78, 5) is 19.5. The third kappa shape index (κ3) is 6.53. The summed E-state index contributed by atoms with van der Waals surface area (Å²) in [5, 5.41) is 0. The third-order valence-electron chi connectivity index (χ3n) is 5.71. The molecule has 27 heavy (non-hydrogen) atoms. The van der Waals surface area contributed by atoms with Gasteiger partial charge in [-0.2, -0.15) is 0 Å². The third-order valence-corrected chi connectivity index (χ3v) is 5.71. The van der Waals surface area contributed by atoms with Gasteiger partial charge in [-0.1, -0.05) is 25.1 Å². The minimum atomic E-state index is 0. The molecule has 3 rings (SSSR count). The Balaban J connectivity index is 0.00000182. The van der Waals surface area contributed by atoms with E-state index in [0.29, 0.717) is 18.9 Å². The van der Waals surface area contributed by atoms with Crippen LogP contribution in [0, 0.1) is 5.92 Å². The summed E-state index contributed by atoms with van der Waals surface area (Å²) >= 11 is 0. The van der Waals surface area contributed by atoms with Crippen LogP contribution in [0.25, 0.3) is 0 Å². The molecule has 1 aromatic carbocycles. The lowest BCUT2D eigenvalue weighted by Gasteiger charge is -2.39. The van der Waals surface area contributed by atoms with Crippen LogP contribution in [0.4, 0.5) is 5.69 Å². The van der Waals surface area contributed by atoms with Gasteiger partial charge in [0.25, 0.3) is 0 Å². The molecule has 154 valence electrons. The van der Waals surface area contributed by atoms with E-state index in [2.05, 4.69) is 47.1 Å². The first-order valence-electron chi connectivity index (χ1n) is 9.69. The summed E-state index contributed by atoms with van der Waals surface area (Å²) in [5.74, 6) is 0.969. The highest BCUT2D eigenvalue weighted by atomic mass is 35.5. The summed E-state index contributed by atoms with van der Waals surface area (Å²) in [5.41, 5.74) is 7.19. The second kappa shape index (κ2) is 11.7. The van der Waals surface area contributed by atoms with E-state index in [0.717, 1.165) is 52.1 Å². The van der Waals surface area contributed by atoms with Gasteiger partial charge in [-0.15, -0.1) is 24.8 Å². The number of hydrogen-bond donors (Lipinski definition) is 1. The van der Waals surface area contributed by atoms with Gasteiger partial charge >= 0.3 is 0 Å². The van der Waals surface area contributed by atoms with Crippen molar-refractivity contribution in [1.29, 1.82) is 0 Å². The average Bonchev–Trinajstić information content (AvgIpc) is 2.67. The topological polar surface area (TPSA) is 52.8 Å². The van der Waals surface area contributed by atoms with Crippen LogP contribution in [0.5, 0.6) is 0 Å². The first kappa shape index (κ1) is 24.0. The number of anilines is 1. The standard InChI is InChI=1S/C20H32N4O.2ClH/c1-17-7-10-24(19(15-17)16-21)20(25)8-9-22-11-13-23(14-12-22)18-5-3-2-4-6-18;;/h2-6,17,19H,7-16,21H2,1H3;2*1H. The van der Waals surface area contributed by atoms with Crippen molar-refractivity contribution in [3.63, 3.8) is 0 Å². The average molecular weight is 417 g/mol. The zero-order valence-corrected chi connectivity index (χ0v) is 17.9. The Morgan fingerprint density at radius 2 is 1.74 bits per heavy atom. The molecule has 2 fully saturated rings. The largest absolute Gasteiger partial charge is 0.369 e. The molecule has 0 aromatic heterocycles. The predicted octanol–water partition coefficient (Wildman–Crippen LogP) is 2.63. The SMILES string of the molecule is CC1CCN(C(=O)CCN2CCN(c3ccccc3)CC2)C(CN)C1.Cl.Cl.